The first-order chi connectivity index (χ1) is 9.17. The van der Waals surface area contributed by atoms with Gasteiger partial charge >= 0.3 is 0 Å². The lowest BCUT2D eigenvalue weighted by Crippen LogP contribution is -2.60. The molecule has 4 nitrogen and oxygen atoms in total. The number of amides is 1. The highest BCUT2D eigenvalue weighted by Gasteiger charge is 2.50. The molecule has 0 bridgehead atoms. The first-order valence-corrected chi connectivity index (χ1v) is 7.55. The summed E-state index contributed by atoms with van der Waals surface area (Å²) in [5, 5.41) is 0. The van der Waals surface area contributed by atoms with Crippen molar-refractivity contribution in [3.63, 3.8) is 0 Å². The first kappa shape index (κ1) is 12.9. The van der Waals surface area contributed by atoms with Gasteiger partial charge in [-0.05, 0) is 18.1 Å². The van der Waals surface area contributed by atoms with Crippen LogP contribution >= 0.6 is 11.8 Å². The van der Waals surface area contributed by atoms with E-state index in [1.807, 2.05) is 35.0 Å². The van der Waals surface area contributed by atoms with Crippen LogP contribution in [-0.4, -0.2) is 45.5 Å². The summed E-state index contributed by atoms with van der Waals surface area (Å²) in [5.74, 6) is 1.22. The minimum absolute atomic E-state index is 0.186. The fourth-order valence-corrected chi connectivity index (χ4v) is 4.25. The molecule has 1 spiro atoms. The maximum atomic E-state index is 11.2. The lowest BCUT2D eigenvalue weighted by molar-refractivity contribution is -0.134. The average Bonchev–Trinajstić information content (AvgIpc) is 2.80. The van der Waals surface area contributed by atoms with Gasteiger partial charge in [0.05, 0.1) is 17.5 Å². The molecular formula is C14H18N2O2S. The van der Waals surface area contributed by atoms with Crippen molar-refractivity contribution in [2.24, 2.45) is 0 Å². The zero-order valence-corrected chi connectivity index (χ0v) is 11.9. The number of carbonyl (C=O) groups excluding carboxylic acids is 1. The Hall–Kier alpha value is -1.07. The van der Waals surface area contributed by atoms with Crippen molar-refractivity contribution >= 4 is 17.7 Å². The van der Waals surface area contributed by atoms with Gasteiger partial charge in [0.2, 0.25) is 5.91 Å². The zero-order chi connectivity index (χ0) is 13.3. The fourth-order valence-electron chi connectivity index (χ4n) is 2.70. The van der Waals surface area contributed by atoms with E-state index in [1.54, 1.807) is 13.1 Å². The van der Waals surface area contributed by atoms with Crippen LogP contribution in [0.1, 0.15) is 18.9 Å². The van der Waals surface area contributed by atoms with Crippen LogP contribution in [0.4, 0.5) is 0 Å². The van der Waals surface area contributed by atoms with Crippen LogP contribution in [0, 0.1) is 0 Å². The minimum atomic E-state index is 0.186. The SMILES string of the molecule is CC(=O)N1CC2(C[C@H](OCc3cccnc3)CS2)C1. The lowest BCUT2D eigenvalue weighted by atomic mass is 9.93. The molecule has 2 aliphatic rings. The van der Waals surface area contributed by atoms with Gasteiger partial charge in [-0.2, -0.15) is 0 Å². The van der Waals surface area contributed by atoms with E-state index < -0.39 is 0 Å². The molecule has 2 saturated heterocycles. The molecule has 1 atom stereocenters. The second-order valence-corrected chi connectivity index (χ2v) is 6.86. The van der Waals surface area contributed by atoms with Gasteiger partial charge in [-0.15, -0.1) is 11.8 Å². The number of likely N-dealkylation sites (tertiary alicyclic amines) is 1. The highest BCUT2D eigenvalue weighted by atomic mass is 32.2. The van der Waals surface area contributed by atoms with Crippen molar-refractivity contribution in [2.45, 2.75) is 30.8 Å². The van der Waals surface area contributed by atoms with E-state index in [-0.39, 0.29) is 10.7 Å². The Morgan fingerprint density at radius 2 is 2.47 bits per heavy atom. The van der Waals surface area contributed by atoms with E-state index in [1.165, 1.54) is 0 Å². The predicted molar refractivity (Wildman–Crippen MR) is 74.9 cm³/mol. The Labute approximate surface area is 117 Å². The summed E-state index contributed by atoms with van der Waals surface area (Å²) in [6.45, 7) is 4.05. The van der Waals surface area contributed by atoms with Crippen LogP contribution in [0.5, 0.6) is 0 Å². The maximum absolute atomic E-state index is 11.2. The summed E-state index contributed by atoms with van der Waals surface area (Å²) < 4.78 is 6.22. The van der Waals surface area contributed by atoms with E-state index in [0.717, 1.165) is 30.8 Å². The van der Waals surface area contributed by atoms with Gasteiger partial charge in [0.25, 0.3) is 0 Å². The Bertz CT molecular complexity index is 460. The summed E-state index contributed by atoms with van der Waals surface area (Å²) in [6.07, 6.45) is 4.98. The Kier molecular flexibility index (Phi) is 3.50. The van der Waals surface area contributed by atoms with Crippen molar-refractivity contribution in [3.05, 3.63) is 30.1 Å². The highest BCUT2D eigenvalue weighted by Crippen LogP contribution is 2.46. The number of hydrogen-bond donors (Lipinski definition) is 0. The smallest absolute Gasteiger partial charge is 0.219 e. The number of ether oxygens (including phenoxy) is 1. The monoisotopic (exact) mass is 278 g/mol. The van der Waals surface area contributed by atoms with Gasteiger partial charge in [0.15, 0.2) is 0 Å². The summed E-state index contributed by atoms with van der Waals surface area (Å²) in [4.78, 5) is 17.2. The van der Waals surface area contributed by atoms with Crippen molar-refractivity contribution in [1.29, 1.82) is 0 Å². The molecule has 0 saturated carbocycles. The molecule has 0 unspecified atom stereocenters. The summed E-state index contributed by atoms with van der Waals surface area (Å²) in [7, 11) is 0. The quantitative estimate of drug-likeness (QED) is 0.844. The van der Waals surface area contributed by atoms with Crippen molar-refractivity contribution < 1.29 is 9.53 Å². The first-order valence-electron chi connectivity index (χ1n) is 6.57. The predicted octanol–water partition coefficient (Wildman–Crippen LogP) is 1.70. The Morgan fingerprint density at radius 1 is 1.63 bits per heavy atom. The molecule has 0 aromatic carbocycles. The van der Waals surface area contributed by atoms with Gasteiger partial charge in [-0.1, -0.05) is 6.07 Å². The van der Waals surface area contributed by atoms with E-state index in [0.29, 0.717) is 12.7 Å². The third-order valence-electron chi connectivity index (χ3n) is 3.79. The minimum Gasteiger partial charge on any atom is -0.373 e. The number of pyridine rings is 1. The van der Waals surface area contributed by atoms with Crippen LogP contribution in [-0.2, 0) is 16.1 Å². The van der Waals surface area contributed by atoms with Gasteiger partial charge in [-0.3, -0.25) is 9.78 Å². The Morgan fingerprint density at radius 3 is 3.16 bits per heavy atom. The van der Waals surface area contributed by atoms with Gasteiger partial charge in [0.1, 0.15) is 0 Å². The fraction of sp³-hybridized carbons (Fsp3) is 0.571. The molecule has 5 heteroatoms. The molecule has 1 aromatic rings. The number of nitrogens with zero attached hydrogens (tertiary/aromatic N) is 2. The standard InChI is InChI=1S/C14H18N2O2S/c1-11(17)16-9-14(10-16)5-13(8-19-14)18-7-12-3-2-4-15-6-12/h2-4,6,13H,5,7-10H2,1H3/t13-/m0/s1. The molecular weight excluding hydrogens is 260 g/mol. The third kappa shape index (κ3) is 2.77. The van der Waals surface area contributed by atoms with E-state index >= 15 is 0 Å². The van der Waals surface area contributed by atoms with Crippen molar-refractivity contribution in [3.8, 4) is 0 Å². The highest BCUT2D eigenvalue weighted by molar-refractivity contribution is 8.01. The lowest BCUT2D eigenvalue weighted by Gasteiger charge is -2.47. The second kappa shape index (κ2) is 5.13. The molecule has 1 aromatic heterocycles. The van der Waals surface area contributed by atoms with Gasteiger partial charge < -0.3 is 9.64 Å². The third-order valence-corrected chi connectivity index (χ3v) is 5.36. The largest absolute Gasteiger partial charge is 0.373 e. The molecule has 19 heavy (non-hydrogen) atoms. The maximum Gasteiger partial charge on any atom is 0.219 e. The molecule has 0 aliphatic carbocycles. The van der Waals surface area contributed by atoms with Gasteiger partial charge in [0, 0.05) is 38.2 Å². The summed E-state index contributed by atoms with van der Waals surface area (Å²) >= 11 is 1.96. The molecule has 1 amide bonds. The number of aromatic nitrogens is 1. The molecule has 2 fully saturated rings. The molecule has 3 rings (SSSR count). The molecule has 0 N–H and O–H groups in total. The molecule has 102 valence electrons. The zero-order valence-electron chi connectivity index (χ0n) is 11.0. The Balaban J connectivity index is 1.47. The summed E-state index contributed by atoms with van der Waals surface area (Å²) in [6, 6.07) is 3.96. The van der Waals surface area contributed by atoms with Crippen LogP contribution in [0.2, 0.25) is 0 Å². The average molecular weight is 278 g/mol. The van der Waals surface area contributed by atoms with Crippen molar-refractivity contribution in [1.82, 2.24) is 9.88 Å². The molecule has 3 heterocycles. The number of thioether (sulfide) groups is 1. The van der Waals surface area contributed by atoms with Crippen LogP contribution in [0.3, 0.4) is 0 Å². The topological polar surface area (TPSA) is 42.4 Å². The summed E-state index contributed by atoms with van der Waals surface area (Å²) in [5.41, 5.74) is 1.12. The number of rotatable bonds is 3. The van der Waals surface area contributed by atoms with Crippen LogP contribution < -0.4 is 0 Å². The number of carbonyl (C=O) groups is 1. The van der Waals surface area contributed by atoms with Crippen LogP contribution in [0.15, 0.2) is 24.5 Å². The van der Waals surface area contributed by atoms with Gasteiger partial charge in [-0.25, -0.2) is 0 Å². The van der Waals surface area contributed by atoms with E-state index in [9.17, 15) is 4.79 Å². The van der Waals surface area contributed by atoms with Crippen molar-refractivity contribution in [2.75, 3.05) is 18.8 Å². The number of hydrogen-bond acceptors (Lipinski definition) is 4. The van der Waals surface area contributed by atoms with E-state index in [4.69, 9.17) is 4.74 Å². The van der Waals surface area contributed by atoms with Crippen LogP contribution in [0.25, 0.3) is 0 Å². The normalized spacial score (nSPS) is 24.5. The molecule has 2 aliphatic heterocycles. The molecule has 0 radical (unpaired) electrons. The second-order valence-electron chi connectivity index (χ2n) is 5.37. The van der Waals surface area contributed by atoms with E-state index in [2.05, 4.69) is 4.98 Å².